The molecule has 0 radical (unpaired) electrons. The molecule has 1 aromatic rings. The second kappa shape index (κ2) is 7.01. The number of hydrogen-bond acceptors (Lipinski definition) is 4. The monoisotopic (exact) mass is 239 g/mol. The molecule has 2 unspecified atom stereocenters. The van der Waals surface area contributed by atoms with Crippen molar-refractivity contribution in [3.05, 3.63) is 12.2 Å². The van der Waals surface area contributed by atoms with Crippen LogP contribution in [0, 0.1) is 5.92 Å². The average molecular weight is 239 g/mol. The van der Waals surface area contributed by atoms with Crippen molar-refractivity contribution in [3.8, 4) is 0 Å². The summed E-state index contributed by atoms with van der Waals surface area (Å²) in [7, 11) is 0. The number of nitrogens with one attached hydrogen (secondary N) is 2. The van der Waals surface area contributed by atoms with Gasteiger partial charge in [0.25, 0.3) is 0 Å². The highest BCUT2D eigenvalue weighted by Crippen LogP contribution is 2.04. The average Bonchev–Trinajstić information content (AvgIpc) is 2.85. The Balaban J connectivity index is 2.16. The van der Waals surface area contributed by atoms with Crippen molar-refractivity contribution in [1.29, 1.82) is 0 Å². The molecule has 1 amide bonds. The molecule has 0 bridgehead atoms. The maximum Gasteiger partial charge on any atom is 0.237 e. The molecule has 1 rings (SSSR count). The molecule has 0 fully saturated rings. The predicted octanol–water partition coefficient (Wildman–Crippen LogP) is 0.227. The third-order valence-electron chi connectivity index (χ3n) is 2.91. The van der Waals surface area contributed by atoms with Crippen molar-refractivity contribution in [1.82, 2.24) is 20.5 Å². The lowest BCUT2D eigenvalue weighted by Gasteiger charge is -2.17. The lowest BCUT2D eigenvalue weighted by molar-refractivity contribution is -0.123. The molecule has 0 spiro atoms. The van der Waals surface area contributed by atoms with Crippen LogP contribution in [0.3, 0.4) is 0 Å². The standard InChI is InChI=1S/C11H21N5O/c1-3-8(2)10(12)11(17)13-6-4-5-9-14-7-15-16-9/h7-8,10H,3-6,12H2,1-2H3,(H,13,17)(H,14,15,16). The first-order valence-electron chi connectivity index (χ1n) is 6.02. The normalized spacial score (nSPS) is 14.3. The zero-order valence-electron chi connectivity index (χ0n) is 10.4. The summed E-state index contributed by atoms with van der Waals surface area (Å²) in [6.07, 6.45) is 3.99. The van der Waals surface area contributed by atoms with E-state index in [0.717, 1.165) is 25.1 Å². The summed E-state index contributed by atoms with van der Waals surface area (Å²) >= 11 is 0. The van der Waals surface area contributed by atoms with Gasteiger partial charge in [0.1, 0.15) is 12.2 Å². The Kier molecular flexibility index (Phi) is 5.62. The Labute approximate surface area is 101 Å². The lowest BCUT2D eigenvalue weighted by Crippen LogP contribution is -2.44. The highest BCUT2D eigenvalue weighted by atomic mass is 16.2. The molecule has 4 N–H and O–H groups in total. The molecule has 96 valence electrons. The van der Waals surface area contributed by atoms with Crippen LogP contribution < -0.4 is 11.1 Å². The highest BCUT2D eigenvalue weighted by Gasteiger charge is 2.18. The van der Waals surface area contributed by atoms with Crippen molar-refractivity contribution >= 4 is 5.91 Å². The first kappa shape index (κ1) is 13.6. The Morgan fingerprint density at radius 1 is 1.65 bits per heavy atom. The predicted molar refractivity (Wildman–Crippen MR) is 65.1 cm³/mol. The molecular formula is C11H21N5O. The highest BCUT2D eigenvalue weighted by molar-refractivity contribution is 5.81. The van der Waals surface area contributed by atoms with E-state index in [2.05, 4.69) is 20.5 Å². The van der Waals surface area contributed by atoms with Crippen LogP contribution in [0.4, 0.5) is 0 Å². The molecular weight excluding hydrogens is 218 g/mol. The minimum Gasteiger partial charge on any atom is -0.355 e. The van der Waals surface area contributed by atoms with Gasteiger partial charge in [0, 0.05) is 13.0 Å². The summed E-state index contributed by atoms with van der Waals surface area (Å²) in [6, 6.07) is -0.412. The van der Waals surface area contributed by atoms with Crippen LogP contribution in [0.15, 0.2) is 6.33 Å². The van der Waals surface area contributed by atoms with Gasteiger partial charge in [0.15, 0.2) is 0 Å². The fraction of sp³-hybridized carbons (Fsp3) is 0.727. The summed E-state index contributed by atoms with van der Waals surface area (Å²) in [6.45, 7) is 4.63. The van der Waals surface area contributed by atoms with Crippen LogP contribution in [0.5, 0.6) is 0 Å². The van der Waals surface area contributed by atoms with E-state index >= 15 is 0 Å². The SMILES string of the molecule is CCC(C)C(N)C(=O)NCCCc1ncn[nH]1. The molecule has 1 aromatic heterocycles. The Morgan fingerprint density at radius 2 is 2.41 bits per heavy atom. The first-order chi connectivity index (χ1) is 8.15. The molecule has 2 atom stereocenters. The molecule has 0 aromatic carbocycles. The Hall–Kier alpha value is -1.43. The quantitative estimate of drug-likeness (QED) is 0.593. The zero-order valence-corrected chi connectivity index (χ0v) is 10.4. The van der Waals surface area contributed by atoms with E-state index in [1.807, 2.05) is 13.8 Å². The van der Waals surface area contributed by atoms with E-state index in [4.69, 9.17) is 5.73 Å². The molecule has 0 aliphatic rings. The third-order valence-corrected chi connectivity index (χ3v) is 2.91. The van der Waals surface area contributed by atoms with Crippen LogP contribution in [-0.2, 0) is 11.2 Å². The molecule has 0 saturated carbocycles. The van der Waals surface area contributed by atoms with Crippen molar-refractivity contribution in [3.63, 3.8) is 0 Å². The molecule has 6 heteroatoms. The summed E-state index contributed by atoms with van der Waals surface area (Å²) in [5, 5.41) is 9.37. The van der Waals surface area contributed by atoms with Gasteiger partial charge in [-0.3, -0.25) is 9.89 Å². The van der Waals surface area contributed by atoms with Gasteiger partial charge in [-0.05, 0) is 12.3 Å². The van der Waals surface area contributed by atoms with E-state index in [1.165, 1.54) is 6.33 Å². The molecule has 17 heavy (non-hydrogen) atoms. The minimum atomic E-state index is -0.412. The number of amides is 1. The largest absolute Gasteiger partial charge is 0.355 e. The third kappa shape index (κ3) is 4.52. The number of nitrogens with zero attached hydrogens (tertiary/aromatic N) is 2. The van der Waals surface area contributed by atoms with Crippen LogP contribution in [0.1, 0.15) is 32.5 Å². The number of nitrogens with two attached hydrogens (primary N) is 1. The summed E-state index contributed by atoms with van der Waals surface area (Å²) in [5.41, 5.74) is 5.81. The maximum absolute atomic E-state index is 11.6. The Morgan fingerprint density at radius 3 is 3.00 bits per heavy atom. The van der Waals surface area contributed by atoms with E-state index in [1.54, 1.807) is 0 Å². The van der Waals surface area contributed by atoms with Gasteiger partial charge in [-0.25, -0.2) is 4.98 Å². The number of carbonyl (C=O) groups is 1. The van der Waals surface area contributed by atoms with Crippen LogP contribution in [0.2, 0.25) is 0 Å². The number of rotatable bonds is 7. The minimum absolute atomic E-state index is 0.0723. The van der Waals surface area contributed by atoms with Crippen molar-refractivity contribution in [2.45, 2.75) is 39.2 Å². The van der Waals surface area contributed by atoms with Gasteiger partial charge < -0.3 is 11.1 Å². The van der Waals surface area contributed by atoms with E-state index < -0.39 is 6.04 Å². The molecule has 6 nitrogen and oxygen atoms in total. The fourth-order valence-corrected chi connectivity index (χ4v) is 1.45. The molecule has 0 saturated heterocycles. The topological polar surface area (TPSA) is 96.7 Å². The lowest BCUT2D eigenvalue weighted by atomic mass is 9.99. The molecule has 0 aliphatic carbocycles. The van der Waals surface area contributed by atoms with Gasteiger partial charge in [-0.15, -0.1) is 0 Å². The van der Waals surface area contributed by atoms with Crippen LogP contribution in [0.25, 0.3) is 0 Å². The molecule has 0 aliphatic heterocycles. The van der Waals surface area contributed by atoms with Gasteiger partial charge in [0.05, 0.1) is 6.04 Å². The number of carbonyl (C=O) groups excluding carboxylic acids is 1. The van der Waals surface area contributed by atoms with Gasteiger partial charge in [0.2, 0.25) is 5.91 Å². The summed E-state index contributed by atoms with van der Waals surface area (Å²) < 4.78 is 0. The smallest absolute Gasteiger partial charge is 0.237 e. The number of aromatic amines is 1. The van der Waals surface area contributed by atoms with Crippen molar-refractivity contribution in [2.24, 2.45) is 11.7 Å². The first-order valence-corrected chi connectivity index (χ1v) is 6.02. The fourth-order valence-electron chi connectivity index (χ4n) is 1.45. The summed E-state index contributed by atoms with van der Waals surface area (Å²) in [5.74, 6) is 0.978. The number of H-pyrrole nitrogens is 1. The van der Waals surface area contributed by atoms with E-state index in [-0.39, 0.29) is 11.8 Å². The van der Waals surface area contributed by atoms with E-state index in [0.29, 0.717) is 6.54 Å². The zero-order chi connectivity index (χ0) is 12.7. The van der Waals surface area contributed by atoms with E-state index in [9.17, 15) is 4.79 Å². The number of aromatic nitrogens is 3. The van der Waals surface area contributed by atoms with Gasteiger partial charge in [-0.1, -0.05) is 20.3 Å². The summed E-state index contributed by atoms with van der Waals surface area (Å²) in [4.78, 5) is 15.6. The second-order valence-corrected chi connectivity index (χ2v) is 4.24. The van der Waals surface area contributed by atoms with Crippen LogP contribution >= 0.6 is 0 Å². The van der Waals surface area contributed by atoms with Crippen molar-refractivity contribution < 1.29 is 4.79 Å². The number of aryl methyl sites for hydroxylation is 1. The van der Waals surface area contributed by atoms with Gasteiger partial charge in [-0.2, -0.15) is 5.10 Å². The van der Waals surface area contributed by atoms with Gasteiger partial charge >= 0.3 is 0 Å². The van der Waals surface area contributed by atoms with Crippen molar-refractivity contribution in [2.75, 3.05) is 6.54 Å². The number of hydrogen-bond donors (Lipinski definition) is 3. The molecule has 1 heterocycles. The maximum atomic E-state index is 11.6. The van der Waals surface area contributed by atoms with Crippen LogP contribution in [-0.4, -0.2) is 33.7 Å². The second-order valence-electron chi connectivity index (χ2n) is 4.24. The Bertz CT molecular complexity index is 325.